The van der Waals surface area contributed by atoms with E-state index in [0.717, 1.165) is 43.0 Å². The summed E-state index contributed by atoms with van der Waals surface area (Å²) >= 11 is 1.55. The number of nitrogens with zero attached hydrogens (tertiary/aromatic N) is 1. The first-order valence-electron chi connectivity index (χ1n) is 10.5. The number of fused-ring (bicyclic) bond motifs is 1. The van der Waals surface area contributed by atoms with Crippen LogP contribution in [0.25, 0.3) is 0 Å². The number of anilines is 1. The van der Waals surface area contributed by atoms with Crippen LogP contribution in [0.5, 0.6) is 5.75 Å². The van der Waals surface area contributed by atoms with Crippen molar-refractivity contribution in [3.63, 3.8) is 0 Å². The number of carbonyl (C=O) groups is 3. The molecule has 1 amide bonds. The number of piperidine rings is 1. The number of aliphatic carboxylic acids is 2. The lowest BCUT2D eigenvalue weighted by atomic mass is 9.96. The normalized spacial score (nSPS) is 20.5. The first kappa shape index (κ1) is 23.4. The van der Waals surface area contributed by atoms with Crippen molar-refractivity contribution in [3.8, 4) is 5.75 Å². The molecule has 0 spiro atoms. The molecule has 0 radical (unpaired) electrons. The minimum Gasteiger partial charge on any atom is -0.489 e. The third-order valence-corrected chi connectivity index (χ3v) is 6.63. The second-order valence-corrected chi connectivity index (χ2v) is 8.91. The van der Waals surface area contributed by atoms with Gasteiger partial charge in [0.15, 0.2) is 0 Å². The van der Waals surface area contributed by atoms with Gasteiger partial charge in [0.25, 0.3) is 0 Å². The Morgan fingerprint density at radius 1 is 1.26 bits per heavy atom. The maximum Gasteiger partial charge on any atom is 0.323 e. The molecule has 0 aliphatic carbocycles. The van der Waals surface area contributed by atoms with Gasteiger partial charge in [0.05, 0.1) is 5.69 Å². The number of hydrogen-bond acceptors (Lipinski definition) is 7. The van der Waals surface area contributed by atoms with E-state index >= 15 is 0 Å². The van der Waals surface area contributed by atoms with Crippen LogP contribution < -0.4 is 20.3 Å². The lowest BCUT2D eigenvalue weighted by Gasteiger charge is -2.25. The first-order chi connectivity index (χ1) is 15.0. The van der Waals surface area contributed by atoms with E-state index in [0.29, 0.717) is 23.1 Å². The fraction of sp³-hybridized carbons (Fsp3) is 0.571. The van der Waals surface area contributed by atoms with Gasteiger partial charge in [-0.1, -0.05) is 12.1 Å². The third kappa shape index (κ3) is 6.59. The van der Waals surface area contributed by atoms with E-state index < -0.39 is 36.5 Å². The van der Waals surface area contributed by atoms with Crippen LogP contribution in [0.4, 0.5) is 5.69 Å². The average molecular weight is 452 g/mol. The summed E-state index contributed by atoms with van der Waals surface area (Å²) < 4.78 is 5.71. The fourth-order valence-corrected chi connectivity index (χ4v) is 4.97. The third-order valence-electron chi connectivity index (χ3n) is 5.53. The second-order valence-electron chi connectivity index (χ2n) is 7.76. The van der Waals surface area contributed by atoms with Gasteiger partial charge in [-0.3, -0.25) is 24.6 Å². The van der Waals surface area contributed by atoms with Gasteiger partial charge in [-0.25, -0.2) is 0 Å². The molecule has 1 aromatic carbocycles. The maximum absolute atomic E-state index is 13.1. The summed E-state index contributed by atoms with van der Waals surface area (Å²) in [6, 6.07) is 4.79. The van der Waals surface area contributed by atoms with Gasteiger partial charge in [0, 0.05) is 5.75 Å². The van der Waals surface area contributed by atoms with E-state index in [4.69, 9.17) is 4.74 Å². The Morgan fingerprint density at radius 3 is 2.71 bits per heavy atom. The SMILES string of the molecule is O=C(O)CN1C(=O)C(N[C@@H](CSCCC2CCNCC2)C(=O)O)COc2ccccc21. The van der Waals surface area contributed by atoms with E-state index in [1.165, 1.54) is 0 Å². The van der Waals surface area contributed by atoms with Crippen molar-refractivity contribution in [3.05, 3.63) is 24.3 Å². The Morgan fingerprint density at radius 2 is 2.00 bits per heavy atom. The van der Waals surface area contributed by atoms with Gasteiger partial charge in [0.2, 0.25) is 5.91 Å². The van der Waals surface area contributed by atoms with E-state index in [1.807, 2.05) is 0 Å². The predicted molar refractivity (Wildman–Crippen MR) is 118 cm³/mol. The van der Waals surface area contributed by atoms with Crippen molar-refractivity contribution < 1.29 is 29.3 Å². The van der Waals surface area contributed by atoms with Gasteiger partial charge < -0.3 is 20.3 Å². The largest absolute Gasteiger partial charge is 0.489 e. The molecular formula is C21H29N3O6S. The summed E-state index contributed by atoms with van der Waals surface area (Å²) in [4.78, 5) is 37.3. The monoisotopic (exact) mass is 451 g/mol. The molecule has 1 saturated heterocycles. The molecule has 9 nitrogen and oxygen atoms in total. The Bertz CT molecular complexity index is 786. The molecule has 170 valence electrons. The fourth-order valence-electron chi connectivity index (χ4n) is 3.83. The standard InChI is InChI=1S/C21H29N3O6S/c25-19(26)11-24-17-3-1-2-4-18(17)30-12-15(20(24)27)23-16(21(28)29)13-31-10-7-14-5-8-22-9-6-14/h1-4,14-16,22-23H,5-13H2,(H,25,26)(H,28,29)/t15?,16-/m0/s1. The molecule has 1 fully saturated rings. The van der Waals surface area contributed by atoms with Crippen molar-refractivity contribution in [1.82, 2.24) is 10.6 Å². The van der Waals surface area contributed by atoms with E-state index in [-0.39, 0.29) is 6.61 Å². The molecule has 4 N–H and O–H groups in total. The number of carbonyl (C=O) groups excluding carboxylic acids is 1. The molecule has 2 aliphatic rings. The lowest BCUT2D eigenvalue weighted by Crippen LogP contribution is -2.55. The molecule has 2 aliphatic heterocycles. The number of benzene rings is 1. The maximum atomic E-state index is 13.1. The van der Waals surface area contributed by atoms with Gasteiger partial charge in [-0.2, -0.15) is 11.8 Å². The highest BCUT2D eigenvalue weighted by Gasteiger charge is 2.35. The summed E-state index contributed by atoms with van der Waals surface area (Å²) in [5, 5.41) is 25.1. The molecule has 0 saturated carbocycles. The van der Waals surface area contributed by atoms with Crippen LogP contribution in [0.1, 0.15) is 19.3 Å². The summed E-state index contributed by atoms with van der Waals surface area (Å²) in [6.45, 7) is 1.47. The quantitative estimate of drug-likeness (QED) is 0.386. The van der Waals surface area contributed by atoms with Crippen LogP contribution in [-0.4, -0.2) is 77.9 Å². The van der Waals surface area contributed by atoms with Gasteiger partial charge in [-0.05, 0) is 56.2 Å². The molecule has 0 bridgehead atoms. The predicted octanol–water partition coefficient (Wildman–Crippen LogP) is 1.03. The molecule has 31 heavy (non-hydrogen) atoms. The van der Waals surface area contributed by atoms with E-state index in [9.17, 15) is 24.6 Å². The number of para-hydroxylation sites is 2. The molecule has 2 heterocycles. The van der Waals surface area contributed by atoms with Gasteiger partial charge >= 0.3 is 11.9 Å². The number of rotatable bonds is 10. The van der Waals surface area contributed by atoms with Crippen LogP contribution in [0.2, 0.25) is 0 Å². The number of ether oxygens (including phenoxy) is 1. The number of nitrogens with one attached hydrogen (secondary N) is 2. The minimum absolute atomic E-state index is 0.0739. The van der Waals surface area contributed by atoms with E-state index in [2.05, 4.69) is 10.6 Å². The number of thioether (sulfide) groups is 1. The Kier molecular flexibility index (Phi) is 8.56. The highest BCUT2D eigenvalue weighted by molar-refractivity contribution is 7.99. The smallest absolute Gasteiger partial charge is 0.323 e. The zero-order valence-electron chi connectivity index (χ0n) is 17.3. The van der Waals surface area contributed by atoms with Crippen molar-refractivity contribution in [2.24, 2.45) is 5.92 Å². The van der Waals surface area contributed by atoms with Crippen molar-refractivity contribution in [2.75, 3.05) is 42.6 Å². The van der Waals surface area contributed by atoms with Crippen LogP contribution in [-0.2, 0) is 14.4 Å². The molecule has 3 rings (SSSR count). The Labute approximate surface area is 185 Å². The van der Waals surface area contributed by atoms with Crippen LogP contribution in [0.15, 0.2) is 24.3 Å². The Hall–Kier alpha value is -2.30. The highest BCUT2D eigenvalue weighted by atomic mass is 32.2. The zero-order valence-corrected chi connectivity index (χ0v) is 18.1. The molecule has 2 atom stereocenters. The van der Waals surface area contributed by atoms with Gasteiger partial charge in [0.1, 0.15) is 31.0 Å². The molecule has 0 aromatic heterocycles. The minimum atomic E-state index is -1.16. The molecule has 10 heteroatoms. The van der Waals surface area contributed by atoms with Crippen molar-refractivity contribution in [1.29, 1.82) is 0 Å². The summed E-state index contributed by atoms with van der Waals surface area (Å²) in [6.07, 6.45) is 3.34. The molecule has 1 unspecified atom stereocenters. The first-order valence-corrected chi connectivity index (χ1v) is 11.6. The van der Waals surface area contributed by atoms with Crippen LogP contribution >= 0.6 is 11.8 Å². The molecular weight excluding hydrogens is 422 g/mol. The summed E-state index contributed by atoms with van der Waals surface area (Å²) in [7, 11) is 0. The average Bonchev–Trinajstić information content (AvgIpc) is 2.88. The number of amides is 1. The summed E-state index contributed by atoms with van der Waals surface area (Å²) in [5.74, 6) is -0.480. The second kappa shape index (κ2) is 11.4. The van der Waals surface area contributed by atoms with Gasteiger partial charge in [-0.15, -0.1) is 0 Å². The van der Waals surface area contributed by atoms with Crippen molar-refractivity contribution >= 4 is 35.3 Å². The van der Waals surface area contributed by atoms with Crippen LogP contribution in [0.3, 0.4) is 0 Å². The topological polar surface area (TPSA) is 128 Å². The lowest BCUT2D eigenvalue weighted by molar-refractivity contribution is -0.140. The zero-order chi connectivity index (χ0) is 22.2. The Balaban J connectivity index is 1.60. The number of carboxylic acids is 2. The molecule has 1 aromatic rings. The van der Waals surface area contributed by atoms with E-state index in [1.54, 1.807) is 36.0 Å². The number of carboxylic acid groups (broad SMARTS) is 2. The summed E-state index contributed by atoms with van der Waals surface area (Å²) in [5.41, 5.74) is 0.363. The van der Waals surface area contributed by atoms with Crippen LogP contribution in [0, 0.1) is 5.92 Å². The highest BCUT2D eigenvalue weighted by Crippen LogP contribution is 2.31. The number of hydrogen-bond donors (Lipinski definition) is 4. The van der Waals surface area contributed by atoms with Crippen molar-refractivity contribution in [2.45, 2.75) is 31.3 Å².